The van der Waals surface area contributed by atoms with Gasteiger partial charge in [-0.15, -0.1) is 0 Å². The third-order valence-corrected chi connectivity index (χ3v) is 4.24. The van der Waals surface area contributed by atoms with E-state index in [1.54, 1.807) is 13.0 Å². The van der Waals surface area contributed by atoms with Crippen molar-refractivity contribution in [3.05, 3.63) is 23.8 Å². The molecule has 0 unspecified atom stereocenters. The third kappa shape index (κ3) is 4.82. The van der Waals surface area contributed by atoms with E-state index in [-0.39, 0.29) is 23.8 Å². The molecule has 0 aromatic heterocycles. The maximum Gasteiger partial charge on any atom is 0.240 e. The molecule has 0 aliphatic heterocycles. The van der Waals surface area contributed by atoms with Crippen molar-refractivity contribution in [3.8, 4) is 0 Å². The van der Waals surface area contributed by atoms with Crippen LogP contribution >= 0.6 is 0 Å². The van der Waals surface area contributed by atoms with Crippen LogP contribution in [0.5, 0.6) is 0 Å². The highest BCUT2D eigenvalue weighted by atomic mass is 32.2. The van der Waals surface area contributed by atoms with Gasteiger partial charge in [0.1, 0.15) is 0 Å². The first kappa shape index (κ1) is 16.5. The van der Waals surface area contributed by atoms with Gasteiger partial charge in [0.2, 0.25) is 15.9 Å². The Kier molecular flexibility index (Phi) is 5.97. The molecule has 1 rings (SSSR count). The molecule has 0 fully saturated rings. The predicted octanol–water partition coefficient (Wildman–Crippen LogP) is 0.772. The minimum atomic E-state index is -3.63. The summed E-state index contributed by atoms with van der Waals surface area (Å²) in [6.45, 7) is 4.41. The maximum absolute atomic E-state index is 12.0. The number of nitrogen functional groups attached to an aromatic ring is 1. The fourth-order valence-electron chi connectivity index (χ4n) is 1.52. The molecule has 1 amide bonds. The number of nitrogens with one attached hydrogen (secondary N) is 2. The lowest BCUT2D eigenvalue weighted by atomic mass is 10.2. The Bertz CT molecular complexity index is 570. The van der Waals surface area contributed by atoms with E-state index in [1.165, 1.54) is 12.1 Å². The largest absolute Gasteiger partial charge is 0.398 e. The number of amides is 1. The molecule has 7 heteroatoms. The van der Waals surface area contributed by atoms with Gasteiger partial charge >= 0.3 is 0 Å². The molecule has 0 heterocycles. The highest BCUT2D eigenvalue weighted by molar-refractivity contribution is 7.89. The van der Waals surface area contributed by atoms with E-state index in [2.05, 4.69) is 10.0 Å². The van der Waals surface area contributed by atoms with Gasteiger partial charge in [0, 0.05) is 25.2 Å². The Hall–Kier alpha value is -1.60. The highest BCUT2D eigenvalue weighted by Gasteiger charge is 2.14. The third-order valence-electron chi connectivity index (χ3n) is 2.78. The summed E-state index contributed by atoms with van der Waals surface area (Å²) >= 11 is 0. The highest BCUT2D eigenvalue weighted by Crippen LogP contribution is 2.16. The zero-order valence-electron chi connectivity index (χ0n) is 11.8. The van der Waals surface area contributed by atoms with Crippen molar-refractivity contribution in [2.75, 3.05) is 18.8 Å². The Balaban J connectivity index is 2.57. The number of aryl methyl sites for hydroxylation is 1. The Morgan fingerprint density at radius 2 is 2.00 bits per heavy atom. The molecule has 112 valence electrons. The van der Waals surface area contributed by atoms with E-state index in [0.717, 1.165) is 12.0 Å². The van der Waals surface area contributed by atoms with Crippen LogP contribution in [0.2, 0.25) is 0 Å². The van der Waals surface area contributed by atoms with Crippen LogP contribution in [0.1, 0.15) is 25.3 Å². The molecule has 0 aliphatic carbocycles. The van der Waals surface area contributed by atoms with Crippen molar-refractivity contribution < 1.29 is 13.2 Å². The van der Waals surface area contributed by atoms with Crippen molar-refractivity contribution in [1.29, 1.82) is 0 Å². The fraction of sp³-hybridized carbons (Fsp3) is 0.462. The summed E-state index contributed by atoms with van der Waals surface area (Å²) in [6, 6.07) is 4.55. The van der Waals surface area contributed by atoms with Gasteiger partial charge in [-0.1, -0.05) is 13.0 Å². The van der Waals surface area contributed by atoms with Crippen molar-refractivity contribution in [1.82, 2.24) is 10.0 Å². The van der Waals surface area contributed by atoms with E-state index in [1.807, 2.05) is 6.92 Å². The van der Waals surface area contributed by atoms with Crippen molar-refractivity contribution in [3.63, 3.8) is 0 Å². The van der Waals surface area contributed by atoms with E-state index < -0.39 is 10.0 Å². The van der Waals surface area contributed by atoms with Gasteiger partial charge in [0.25, 0.3) is 0 Å². The molecule has 6 nitrogen and oxygen atoms in total. The van der Waals surface area contributed by atoms with Crippen LogP contribution in [0, 0.1) is 6.92 Å². The van der Waals surface area contributed by atoms with Crippen molar-refractivity contribution >= 4 is 21.6 Å². The van der Waals surface area contributed by atoms with Crippen molar-refractivity contribution in [2.45, 2.75) is 31.6 Å². The summed E-state index contributed by atoms with van der Waals surface area (Å²) in [5.74, 6) is -0.169. The molecule has 0 bridgehead atoms. The number of hydrogen-bond donors (Lipinski definition) is 3. The average molecular weight is 299 g/mol. The fourth-order valence-corrected chi connectivity index (χ4v) is 2.59. The molecular weight excluding hydrogens is 278 g/mol. The molecule has 1 aromatic carbocycles. The van der Waals surface area contributed by atoms with E-state index >= 15 is 0 Å². The monoisotopic (exact) mass is 299 g/mol. The smallest absolute Gasteiger partial charge is 0.240 e. The van der Waals surface area contributed by atoms with Crippen LogP contribution < -0.4 is 15.8 Å². The second-order valence-electron chi connectivity index (χ2n) is 4.52. The van der Waals surface area contributed by atoms with Gasteiger partial charge in [0.15, 0.2) is 0 Å². The van der Waals surface area contributed by atoms with Gasteiger partial charge in [-0.2, -0.15) is 0 Å². The zero-order chi connectivity index (χ0) is 15.2. The lowest BCUT2D eigenvalue weighted by molar-refractivity contribution is -0.120. The molecule has 0 atom stereocenters. The molecule has 4 N–H and O–H groups in total. The molecule has 0 aliphatic rings. The van der Waals surface area contributed by atoms with Crippen molar-refractivity contribution in [2.24, 2.45) is 0 Å². The summed E-state index contributed by atoms with van der Waals surface area (Å²) in [5.41, 5.74) is 6.94. The number of carbonyl (C=O) groups is 1. The topological polar surface area (TPSA) is 101 Å². The van der Waals surface area contributed by atoms with E-state index in [0.29, 0.717) is 12.2 Å². The SMILES string of the molecule is CCCNC(=O)CCNS(=O)(=O)c1ccc(C)c(N)c1. The summed E-state index contributed by atoms with van der Waals surface area (Å²) in [7, 11) is -3.63. The Morgan fingerprint density at radius 1 is 1.30 bits per heavy atom. The van der Waals surface area contributed by atoms with E-state index in [9.17, 15) is 13.2 Å². The number of anilines is 1. The van der Waals surface area contributed by atoms with Gasteiger partial charge < -0.3 is 11.1 Å². The summed E-state index contributed by atoms with van der Waals surface area (Å²) in [5, 5.41) is 2.68. The van der Waals surface area contributed by atoms with E-state index in [4.69, 9.17) is 5.73 Å². The van der Waals surface area contributed by atoms with Gasteiger partial charge in [0.05, 0.1) is 4.90 Å². The zero-order valence-corrected chi connectivity index (χ0v) is 12.6. The number of sulfonamides is 1. The second kappa shape index (κ2) is 7.25. The number of rotatable bonds is 7. The first-order valence-corrected chi connectivity index (χ1v) is 7.97. The van der Waals surface area contributed by atoms with Gasteiger partial charge in [-0.3, -0.25) is 4.79 Å². The normalized spacial score (nSPS) is 11.3. The summed E-state index contributed by atoms with van der Waals surface area (Å²) in [6.07, 6.45) is 0.959. The standard InChI is InChI=1S/C13H21N3O3S/c1-3-7-15-13(17)6-8-16-20(18,19)11-5-4-10(2)12(14)9-11/h4-5,9,16H,3,6-8,14H2,1-2H3,(H,15,17). The van der Waals surface area contributed by atoms with Crippen LogP contribution in [0.25, 0.3) is 0 Å². The quantitative estimate of drug-likeness (QED) is 0.647. The second-order valence-corrected chi connectivity index (χ2v) is 6.28. The lowest BCUT2D eigenvalue weighted by Gasteiger charge is -2.08. The van der Waals surface area contributed by atoms with Crippen LogP contribution in [-0.2, 0) is 14.8 Å². The van der Waals surface area contributed by atoms with Crippen LogP contribution in [0.15, 0.2) is 23.1 Å². The number of hydrogen-bond acceptors (Lipinski definition) is 4. The Labute approximate surface area is 119 Å². The van der Waals surface area contributed by atoms with Crippen LogP contribution in [0.3, 0.4) is 0 Å². The average Bonchev–Trinajstić information content (AvgIpc) is 2.39. The van der Waals surface area contributed by atoms with Gasteiger partial charge in [-0.25, -0.2) is 13.1 Å². The number of carbonyl (C=O) groups excluding carboxylic acids is 1. The molecule has 0 spiro atoms. The molecule has 20 heavy (non-hydrogen) atoms. The first-order valence-electron chi connectivity index (χ1n) is 6.49. The molecular formula is C13H21N3O3S. The minimum absolute atomic E-state index is 0.0612. The minimum Gasteiger partial charge on any atom is -0.398 e. The number of nitrogens with two attached hydrogens (primary N) is 1. The predicted molar refractivity (Wildman–Crippen MR) is 78.7 cm³/mol. The Morgan fingerprint density at radius 3 is 2.60 bits per heavy atom. The summed E-state index contributed by atoms with van der Waals surface area (Å²) < 4.78 is 26.4. The first-order chi connectivity index (χ1) is 9.36. The molecule has 0 radical (unpaired) electrons. The van der Waals surface area contributed by atoms with Gasteiger partial charge in [-0.05, 0) is 31.0 Å². The maximum atomic E-state index is 12.0. The number of benzene rings is 1. The van der Waals surface area contributed by atoms with Crippen LogP contribution in [0.4, 0.5) is 5.69 Å². The molecule has 1 aromatic rings. The lowest BCUT2D eigenvalue weighted by Crippen LogP contribution is -2.31. The molecule has 0 saturated heterocycles. The summed E-state index contributed by atoms with van der Waals surface area (Å²) in [4.78, 5) is 11.5. The van der Waals surface area contributed by atoms with Crippen LogP contribution in [-0.4, -0.2) is 27.4 Å². The molecule has 0 saturated carbocycles.